The molecular formula is C12H15FN2OS. The van der Waals surface area contributed by atoms with Crippen LogP contribution in [0, 0.1) is 5.82 Å². The van der Waals surface area contributed by atoms with Gasteiger partial charge in [-0.2, -0.15) is 12.6 Å². The van der Waals surface area contributed by atoms with Gasteiger partial charge in [-0.15, -0.1) is 0 Å². The molecule has 0 N–H and O–H groups in total. The molecule has 1 aromatic carbocycles. The second kappa shape index (κ2) is 4.96. The minimum Gasteiger partial charge on any atom is -0.321 e. The summed E-state index contributed by atoms with van der Waals surface area (Å²) in [7, 11) is 1.75. The molecule has 1 atom stereocenters. The molecule has 1 unspecified atom stereocenters. The SMILES string of the molecule is CN1C(=O)N(CCS)CC1c1cccc(F)c1. The van der Waals surface area contributed by atoms with Crippen LogP contribution >= 0.6 is 12.6 Å². The Labute approximate surface area is 106 Å². The number of carbonyl (C=O) groups excluding carboxylic acids is 1. The third-order valence-corrected chi connectivity index (χ3v) is 3.24. The van der Waals surface area contributed by atoms with E-state index in [9.17, 15) is 9.18 Å². The Morgan fingerprint density at radius 3 is 2.94 bits per heavy atom. The molecular weight excluding hydrogens is 239 g/mol. The summed E-state index contributed by atoms with van der Waals surface area (Å²) in [5.74, 6) is 0.367. The van der Waals surface area contributed by atoms with Crippen LogP contribution < -0.4 is 0 Å². The molecule has 0 aromatic heterocycles. The topological polar surface area (TPSA) is 23.6 Å². The molecule has 2 amide bonds. The van der Waals surface area contributed by atoms with Crippen molar-refractivity contribution in [2.24, 2.45) is 0 Å². The summed E-state index contributed by atoms with van der Waals surface area (Å²) in [6, 6.07) is 6.32. The largest absolute Gasteiger partial charge is 0.321 e. The van der Waals surface area contributed by atoms with Crippen molar-refractivity contribution < 1.29 is 9.18 Å². The third kappa shape index (κ3) is 2.39. The average Bonchev–Trinajstić information content (AvgIpc) is 2.58. The lowest BCUT2D eigenvalue weighted by Crippen LogP contribution is -2.31. The number of rotatable bonds is 3. The van der Waals surface area contributed by atoms with Gasteiger partial charge in [-0.25, -0.2) is 9.18 Å². The molecule has 1 heterocycles. The van der Waals surface area contributed by atoms with Gasteiger partial charge in [-0.1, -0.05) is 12.1 Å². The first-order valence-corrected chi connectivity index (χ1v) is 6.15. The fraction of sp³-hybridized carbons (Fsp3) is 0.417. The number of hydrogen-bond donors (Lipinski definition) is 1. The van der Waals surface area contributed by atoms with Crippen LogP contribution in [0.2, 0.25) is 0 Å². The van der Waals surface area contributed by atoms with E-state index >= 15 is 0 Å². The fourth-order valence-electron chi connectivity index (χ4n) is 2.12. The molecule has 1 saturated heterocycles. The van der Waals surface area contributed by atoms with E-state index in [2.05, 4.69) is 12.6 Å². The van der Waals surface area contributed by atoms with Gasteiger partial charge in [0.15, 0.2) is 0 Å². The van der Waals surface area contributed by atoms with Crippen molar-refractivity contribution in [2.75, 3.05) is 25.9 Å². The van der Waals surface area contributed by atoms with E-state index in [0.29, 0.717) is 18.8 Å². The van der Waals surface area contributed by atoms with Gasteiger partial charge in [0.05, 0.1) is 6.04 Å². The van der Waals surface area contributed by atoms with E-state index in [-0.39, 0.29) is 17.9 Å². The highest BCUT2D eigenvalue weighted by Gasteiger charge is 2.34. The first kappa shape index (κ1) is 12.2. The predicted octanol–water partition coefficient (Wildman–Crippen LogP) is 2.16. The number of nitrogens with zero attached hydrogens (tertiary/aromatic N) is 2. The van der Waals surface area contributed by atoms with Gasteiger partial charge < -0.3 is 9.80 Å². The molecule has 1 fully saturated rings. The first-order chi connectivity index (χ1) is 8.13. The highest BCUT2D eigenvalue weighted by atomic mass is 32.1. The summed E-state index contributed by atoms with van der Waals surface area (Å²) in [5, 5.41) is 0. The standard InChI is InChI=1S/C12H15FN2OS/c1-14-11(8-15(5-6-17)12(14)16)9-3-2-4-10(13)7-9/h2-4,7,11,17H,5-6,8H2,1H3. The minimum atomic E-state index is -0.268. The minimum absolute atomic E-state index is 0.0201. The molecule has 0 spiro atoms. The Morgan fingerprint density at radius 2 is 2.29 bits per heavy atom. The Hall–Kier alpha value is -1.23. The van der Waals surface area contributed by atoms with Crippen molar-refractivity contribution in [1.82, 2.24) is 9.80 Å². The maximum Gasteiger partial charge on any atom is 0.320 e. The zero-order valence-electron chi connectivity index (χ0n) is 9.64. The van der Waals surface area contributed by atoms with Gasteiger partial charge in [-0.3, -0.25) is 0 Å². The van der Waals surface area contributed by atoms with Crippen LogP contribution in [0.3, 0.4) is 0 Å². The van der Waals surface area contributed by atoms with Crippen LogP contribution in [0.1, 0.15) is 11.6 Å². The molecule has 0 bridgehead atoms. The molecule has 1 aromatic rings. The van der Waals surface area contributed by atoms with E-state index in [1.807, 2.05) is 6.07 Å². The molecule has 5 heteroatoms. The molecule has 0 aliphatic carbocycles. The monoisotopic (exact) mass is 254 g/mol. The van der Waals surface area contributed by atoms with Crippen LogP contribution in [-0.4, -0.2) is 41.7 Å². The summed E-state index contributed by atoms with van der Waals surface area (Å²) >= 11 is 4.13. The Bertz CT molecular complexity index is 427. The molecule has 3 nitrogen and oxygen atoms in total. The Kier molecular flexibility index (Phi) is 3.57. The van der Waals surface area contributed by atoms with Gasteiger partial charge in [0.1, 0.15) is 5.82 Å². The average molecular weight is 254 g/mol. The van der Waals surface area contributed by atoms with Crippen LogP contribution in [0.4, 0.5) is 9.18 Å². The van der Waals surface area contributed by atoms with Gasteiger partial charge in [-0.05, 0) is 17.7 Å². The van der Waals surface area contributed by atoms with Crippen molar-refractivity contribution in [3.8, 4) is 0 Å². The normalized spacial score (nSPS) is 20.2. The maximum absolute atomic E-state index is 13.2. The first-order valence-electron chi connectivity index (χ1n) is 5.51. The van der Waals surface area contributed by atoms with Gasteiger partial charge in [0.2, 0.25) is 0 Å². The van der Waals surface area contributed by atoms with Crippen molar-refractivity contribution in [1.29, 1.82) is 0 Å². The molecule has 1 aliphatic heterocycles. The van der Waals surface area contributed by atoms with E-state index in [4.69, 9.17) is 0 Å². The van der Waals surface area contributed by atoms with Crippen LogP contribution in [0.5, 0.6) is 0 Å². The molecule has 2 rings (SSSR count). The van der Waals surface area contributed by atoms with Crippen molar-refractivity contribution in [2.45, 2.75) is 6.04 Å². The van der Waals surface area contributed by atoms with Gasteiger partial charge in [0, 0.05) is 25.9 Å². The van der Waals surface area contributed by atoms with E-state index < -0.39 is 0 Å². The summed E-state index contributed by atoms with van der Waals surface area (Å²) < 4.78 is 13.2. The number of carbonyl (C=O) groups is 1. The summed E-state index contributed by atoms with van der Waals surface area (Å²) in [5.41, 5.74) is 0.836. The Morgan fingerprint density at radius 1 is 1.53 bits per heavy atom. The molecule has 0 saturated carbocycles. The van der Waals surface area contributed by atoms with Crippen LogP contribution in [0.15, 0.2) is 24.3 Å². The quantitative estimate of drug-likeness (QED) is 0.821. The van der Waals surface area contributed by atoms with Gasteiger partial charge in [0.25, 0.3) is 0 Å². The lowest BCUT2D eigenvalue weighted by atomic mass is 10.1. The summed E-state index contributed by atoms with van der Waals surface area (Å²) in [4.78, 5) is 15.3. The van der Waals surface area contributed by atoms with Crippen LogP contribution in [-0.2, 0) is 0 Å². The number of likely N-dealkylation sites (N-methyl/N-ethyl adjacent to an activating group) is 1. The molecule has 0 radical (unpaired) electrons. The number of halogens is 1. The van der Waals surface area contributed by atoms with Crippen LogP contribution in [0.25, 0.3) is 0 Å². The Balaban J connectivity index is 2.20. The lowest BCUT2D eigenvalue weighted by Gasteiger charge is -2.17. The highest BCUT2D eigenvalue weighted by molar-refractivity contribution is 7.80. The summed E-state index contributed by atoms with van der Waals surface area (Å²) in [6.45, 7) is 1.22. The maximum atomic E-state index is 13.2. The summed E-state index contributed by atoms with van der Waals surface area (Å²) in [6.07, 6.45) is 0. The zero-order chi connectivity index (χ0) is 12.4. The molecule has 92 valence electrons. The number of hydrogen-bond acceptors (Lipinski definition) is 2. The van der Waals surface area contributed by atoms with E-state index in [0.717, 1.165) is 5.56 Å². The second-order valence-corrected chi connectivity index (χ2v) is 4.58. The second-order valence-electron chi connectivity index (χ2n) is 4.13. The van der Waals surface area contributed by atoms with E-state index in [1.54, 1.807) is 22.9 Å². The zero-order valence-corrected chi connectivity index (χ0v) is 10.5. The van der Waals surface area contributed by atoms with Crippen molar-refractivity contribution in [3.05, 3.63) is 35.6 Å². The predicted molar refractivity (Wildman–Crippen MR) is 67.7 cm³/mol. The van der Waals surface area contributed by atoms with Crippen molar-refractivity contribution in [3.63, 3.8) is 0 Å². The third-order valence-electron chi connectivity index (χ3n) is 3.04. The molecule has 17 heavy (non-hydrogen) atoms. The van der Waals surface area contributed by atoms with E-state index in [1.165, 1.54) is 12.1 Å². The smallest absolute Gasteiger partial charge is 0.320 e. The number of urea groups is 1. The number of benzene rings is 1. The number of amides is 2. The number of thiol groups is 1. The van der Waals surface area contributed by atoms with Gasteiger partial charge >= 0.3 is 6.03 Å². The highest BCUT2D eigenvalue weighted by Crippen LogP contribution is 2.28. The fourth-order valence-corrected chi connectivity index (χ4v) is 2.36. The van der Waals surface area contributed by atoms with Crippen molar-refractivity contribution >= 4 is 18.7 Å². The molecule has 1 aliphatic rings. The lowest BCUT2D eigenvalue weighted by molar-refractivity contribution is 0.197.